The maximum Gasteiger partial charge on any atom is 0.323 e. The van der Waals surface area contributed by atoms with Crippen LogP contribution in [0, 0.1) is 12.7 Å². The number of ketones is 1. The van der Waals surface area contributed by atoms with E-state index in [1.165, 1.54) is 19.2 Å². The van der Waals surface area contributed by atoms with E-state index in [0.29, 0.717) is 57.1 Å². The number of aromatic amines is 1. The zero-order valence-electron chi connectivity index (χ0n) is 24.5. The first-order valence-corrected chi connectivity index (χ1v) is 13.6. The lowest BCUT2D eigenvalue weighted by atomic mass is 10.1. The molecule has 0 aliphatic carbocycles. The van der Waals surface area contributed by atoms with Gasteiger partial charge < -0.3 is 34.9 Å². The van der Waals surface area contributed by atoms with Crippen molar-refractivity contribution < 1.29 is 28.2 Å². The molecule has 0 unspecified atom stereocenters. The van der Waals surface area contributed by atoms with Crippen molar-refractivity contribution >= 4 is 46.1 Å². The molecule has 0 saturated carbocycles. The van der Waals surface area contributed by atoms with Crippen molar-refractivity contribution in [1.29, 1.82) is 0 Å². The number of nitrogens with zero attached hydrogens (tertiary/aromatic N) is 2. The number of aryl methyl sites for hydroxylation is 1. The minimum atomic E-state index is -0.519. The summed E-state index contributed by atoms with van der Waals surface area (Å²) in [6.45, 7) is 3.13. The van der Waals surface area contributed by atoms with Gasteiger partial charge in [0, 0.05) is 59.8 Å². The highest BCUT2D eigenvalue weighted by molar-refractivity contribution is 6.16. The molecule has 4 aromatic rings. The molecule has 44 heavy (non-hydrogen) atoms. The lowest BCUT2D eigenvalue weighted by Crippen LogP contribution is -2.33. The van der Waals surface area contributed by atoms with E-state index in [4.69, 9.17) is 9.47 Å². The lowest BCUT2D eigenvalue weighted by Gasteiger charge is -2.19. The van der Waals surface area contributed by atoms with Crippen LogP contribution in [0.25, 0.3) is 17.0 Å². The second-order valence-electron chi connectivity index (χ2n) is 10.5. The molecule has 11 heteroatoms. The van der Waals surface area contributed by atoms with Gasteiger partial charge in [0.05, 0.1) is 18.2 Å². The molecule has 1 aliphatic heterocycles. The normalized spacial score (nSPS) is 13.0. The van der Waals surface area contributed by atoms with E-state index in [9.17, 15) is 18.8 Å². The predicted molar refractivity (Wildman–Crippen MR) is 170 cm³/mol. The van der Waals surface area contributed by atoms with Crippen LogP contribution in [-0.4, -0.2) is 73.8 Å². The Hall–Kier alpha value is -5.16. The molecule has 10 nitrogen and oxygen atoms in total. The van der Waals surface area contributed by atoms with Crippen LogP contribution in [0.1, 0.15) is 39.4 Å². The summed E-state index contributed by atoms with van der Waals surface area (Å²) < 4.78 is 25.6. The molecular formula is C33H36FN5O5. The Morgan fingerprint density at radius 3 is 2.36 bits per heavy atom. The third kappa shape index (κ3) is 6.57. The third-order valence-corrected chi connectivity index (χ3v) is 7.13. The number of Topliss-reactive ketones (excluding diaryl/α,β-unsaturated/α-hetero) is 1. The second-order valence-corrected chi connectivity index (χ2v) is 10.5. The maximum atomic E-state index is 14.6. The summed E-state index contributed by atoms with van der Waals surface area (Å²) in [6.07, 6.45) is 1.57. The molecule has 3 N–H and O–H groups in total. The number of halogens is 1. The average molecular weight is 602 g/mol. The first-order chi connectivity index (χ1) is 20.5. The fourth-order valence-corrected chi connectivity index (χ4v) is 4.74. The van der Waals surface area contributed by atoms with Crippen LogP contribution in [0.5, 0.6) is 11.5 Å². The van der Waals surface area contributed by atoms with Gasteiger partial charge in [0.1, 0.15) is 11.5 Å². The Balaban J connectivity index is 0.00000442. The van der Waals surface area contributed by atoms with Gasteiger partial charge in [-0.15, -0.1) is 0 Å². The lowest BCUT2D eigenvalue weighted by molar-refractivity contribution is 0.0786. The molecule has 230 valence electrons. The van der Waals surface area contributed by atoms with Crippen molar-refractivity contribution in [1.82, 2.24) is 14.8 Å². The SMILES string of the molecule is C.COc1cc(F)c2[nH]c(C)c(/C=C3\Oc4ccc(NC(=O)Nc5ccc(C(=O)N(C)CCN(C)C)cc5)cc4C3=O)c2c1. The van der Waals surface area contributed by atoms with Gasteiger partial charge in [0.2, 0.25) is 5.78 Å². The molecule has 2 heterocycles. The number of hydrogen-bond donors (Lipinski definition) is 3. The Labute approximate surface area is 255 Å². The van der Waals surface area contributed by atoms with Gasteiger partial charge in [-0.3, -0.25) is 9.59 Å². The number of anilines is 2. The fourth-order valence-electron chi connectivity index (χ4n) is 4.74. The number of carbonyl (C=O) groups excluding carboxylic acids is 3. The minimum Gasteiger partial charge on any atom is -0.497 e. The number of fused-ring (bicyclic) bond motifs is 2. The molecule has 0 atom stereocenters. The van der Waals surface area contributed by atoms with Crippen molar-refractivity contribution in [2.24, 2.45) is 0 Å². The average Bonchev–Trinajstić information content (AvgIpc) is 3.47. The number of H-pyrrole nitrogens is 1. The molecular weight excluding hydrogens is 565 g/mol. The number of likely N-dealkylation sites (N-methyl/N-ethyl adjacent to an activating group) is 2. The molecule has 3 aromatic carbocycles. The van der Waals surface area contributed by atoms with Gasteiger partial charge in [-0.25, -0.2) is 9.18 Å². The fraction of sp³-hybridized carbons (Fsp3) is 0.242. The number of amides is 3. The number of ether oxygens (including phenoxy) is 2. The molecule has 3 amide bonds. The van der Waals surface area contributed by atoms with Gasteiger partial charge in [-0.1, -0.05) is 7.43 Å². The van der Waals surface area contributed by atoms with Crippen LogP contribution in [0.15, 0.2) is 60.4 Å². The Bertz CT molecular complexity index is 1760. The topological polar surface area (TPSA) is 116 Å². The highest BCUT2D eigenvalue weighted by Gasteiger charge is 2.29. The quantitative estimate of drug-likeness (QED) is 0.209. The van der Waals surface area contributed by atoms with E-state index < -0.39 is 11.8 Å². The van der Waals surface area contributed by atoms with E-state index in [2.05, 4.69) is 15.6 Å². The number of allylic oxidation sites excluding steroid dienone is 1. The van der Waals surface area contributed by atoms with E-state index in [1.54, 1.807) is 67.4 Å². The summed E-state index contributed by atoms with van der Waals surface area (Å²) >= 11 is 0. The zero-order valence-corrected chi connectivity index (χ0v) is 24.5. The van der Waals surface area contributed by atoms with Crippen LogP contribution in [0.3, 0.4) is 0 Å². The van der Waals surface area contributed by atoms with Crippen LogP contribution >= 0.6 is 0 Å². The number of carbonyl (C=O) groups is 3. The van der Waals surface area contributed by atoms with Crippen LogP contribution in [-0.2, 0) is 0 Å². The molecule has 1 aromatic heterocycles. The van der Waals surface area contributed by atoms with Crippen molar-refractivity contribution in [3.63, 3.8) is 0 Å². The number of urea groups is 1. The first kappa shape index (κ1) is 31.8. The smallest absolute Gasteiger partial charge is 0.323 e. The monoisotopic (exact) mass is 601 g/mol. The Kier molecular flexibility index (Phi) is 9.39. The van der Waals surface area contributed by atoms with E-state index in [-0.39, 0.29) is 30.4 Å². The molecule has 0 fully saturated rings. The Morgan fingerprint density at radius 2 is 1.68 bits per heavy atom. The van der Waals surface area contributed by atoms with Crippen molar-refractivity contribution in [3.05, 3.63) is 88.6 Å². The standard InChI is InChI=1S/C32H32FN5O5.CH4/c1-18-23(24-15-22(42-5)16-26(33)29(24)34-18)17-28-30(39)25-14-21(10-11-27(25)43-28)36-32(41)35-20-8-6-19(7-9-20)31(40)38(4)13-12-37(2)3;/h6-11,14-17,34H,12-13H2,1-5H3,(H2,35,36,41);1H4/b28-17-;. The maximum absolute atomic E-state index is 14.6. The number of methoxy groups -OCH3 is 1. The second kappa shape index (κ2) is 13.0. The molecule has 0 radical (unpaired) electrons. The molecule has 0 spiro atoms. The van der Waals surface area contributed by atoms with Gasteiger partial charge in [0.25, 0.3) is 5.91 Å². The minimum absolute atomic E-state index is 0. The molecule has 5 rings (SSSR count). The summed E-state index contributed by atoms with van der Waals surface area (Å²) in [6, 6.07) is 13.8. The van der Waals surface area contributed by atoms with Crippen molar-refractivity contribution in [2.75, 3.05) is 52.0 Å². The molecule has 0 bridgehead atoms. The van der Waals surface area contributed by atoms with E-state index in [1.807, 2.05) is 19.0 Å². The number of benzene rings is 3. The summed E-state index contributed by atoms with van der Waals surface area (Å²) in [4.78, 5) is 45.2. The summed E-state index contributed by atoms with van der Waals surface area (Å²) in [5.74, 6) is -0.168. The highest BCUT2D eigenvalue weighted by atomic mass is 19.1. The summed E-state index contributed by atoms with van der Waals surface area (Å²) in [7, 11) is 7.10. The van der Waals surface area contributed by atoms with E-state index in [0.717, 1.165) is 6.54 Å². The van der Waals surface area contributed by atoms with Crippen LogP contribution in [0.2, 0.25) is 0 Å². The number of aromatic nitrogens is 1. The van der Waals surface area contributed by atoms with Gasteiger partial charge in [-0.05, 0) is 75.6 Å². The van der Waals surface area contributed by atoms with Crippen molar-refractivity contribution in [2.45, 2.75) is 14.4 Å². The zero-order chi connectivity index (χ0) is 30.8. The van der Waals surface area contributed by atoms with Gasteiger partial charge >= 0.3 is 6.03 Å². The highest BCUT2D eigenvalue weighted by Crippen LogP contribution is 2.36. The number of nitrogens with one attached hydrogen (secondary N) is 3. The molecule has 1 aliphatic rings. The summed E-state index contributed by atoms with van der Waals surface area (Å²) in [5.41, 5.74) is 3.26. The third-order valence-electron chi connectivity index (χ3n) is 7.13. The molecule has 0 saturated heterocycles. The first-order valence-electron chi connectivity index (χ1n) is 13.6. The number of hydrogen-bond acceptors (Lipinski definition) is 6. The van der Waals surface area contributed by atoms with Gasteiger partial charge in [-0.2, -0.15) is 0 Å². The van der Waals surface area contributed by atoms with Crippen LogP contribution < -0.4 is 20.1 Å². The van der Waals surface area contributed by atoms with Gasteiger partial charge in [0.15, 0.2) is 11.6 Å². The Morgan fingerprint density at radius 1 is 1.00 bits per heavy atom. The van der Waals surface area contributed by atoms with Crippen LogP contribution in [0.4, 0.5) is 20.6 Å². The summed E-state index contributed by atoms with van der Waals surface area (Å²) in [5, 5.41) is 6.00. The van der Waals surface area contributed by atoms with Crippen molar-refractivity contribution in [3.8, 4) is 11.5 Å². The largest absolute Gasteiger partial charge is 0.497 e. The number of rotatable bonds is 8. The predicted octanol–water partition coefficient (Wildman–Crippen LogP) is 6.15. The van der Waals surface area contributed by atoms with E-state index >= 15 is 0 Å².